The monoisotopic (exact) mass is 316 g/mol. The minimum absolute atomic E-state index is 0.102. The van der Waals surface area contributed by atoms with Gasteiger partial charge in [-0.05, 0) is 46.1 Å². The van der Waals surface area contributed by atoms with Crippen molar-refractivity contribution in [3.63, 3.8) is 0 Å². The van der Waals surface area contributed by atoms with Crippen molar-refractivity contribution < 1.29 is 0 Å². The highest BCUT2D eigenvalue weighted by Gasteiger charge is 2.18. The molecule has 5 heteroatoms. The standard InChI is InChI=1S/C11H10BrClN2S/c1-14-10(11-8(12)3-5-16-11)7-2-4-15-6-9(7)13/h2-6,10,14H,1H3. The van der Waals surface area contributed by atoms with Crippen molar-refractivity contribution in [3.8, 4) is 0 Å². The summed E-state index contributed by atoms with van der Waals surface area (Å²) in [5.41, 5.74) is 1.04. The number of thiophene rings is 1. The van der Waals surface area contributed by atoms with Crippen LogP contribution in [0, 0.1) is 0 Å². The Morgan fingerprint density at radius 3 is 2.88 bits per heavy atom. The van der Waals surface area contributed by atoms with Crippen LogP contribution in [0.5, 0.6) is 0 Å². The maximum Gasteiger partial charge on any atom is 0.0695 e. The van der Waals surface area contributed by atoms with Crippen LogP contribution in [-0.2, 0) is 0 Å². The molecule has 16 heavy (non-hydrogen) atoms. The van der Waals surface area contributed by atoms with Crippen LogP contribution in [-0.4, -0.2) is 12.0 Å². The first-order valence-corrected chi connectivity index (χ1v) is 6.78. The number of halogens is 2. The fourth-order valence-corrected chi connectivity index (χ4v) is 3.52. The Hall–Kier alpha value is -0.420. The normalized spacial score (nSPS) is 12.7. The second-order valence-electron chi connectivity index (χ2n) is 3.25. The highest BCUT2D eigenvalue weighted by molar-refractivity contribution is 9.10. The lowest BCUT2D eigenvalue weighted by molar-refractivity contribution is 0.700. The first-order chi connectivity index (χ1) is 7.74. The summed E-state index contributed by atoms with van der Waals surface area (Å²) >= 11 is 11.4. The van der Waals surface area contributed by atoms with Gasteiger partial charge in [0, 0.05) is 21.7 Å². The predicted molar refractivity (Wildman–Crippen MR) is 72.2 cm³/mol. The van der Waals surface area contributed by atoms with Crippen LogP contribution in [0.2, 0.25) is 5.02 Å². The minimum atomic E-state index is 0.102. The highest BCUT2D eigenvalue weighted by atomic mass is 79.9. The van der Waals surface area contributed by atoms with E-state index in [0.29, 0.717) is 5.02 Å². The number of hydrogen-bond donors (Lipinski definition) is 1. The molecule has 2 rings (SSSR count). The van der Waals surface area contributed by atoms with Gasteiger partial charge in [0.1, 0.15) is 0 Å². The molecule has 0 saturated carbocycles. The van der Waals surface area contributed by atoms with Crippen molar-refractivity contribution in [2.24, 2.45) is 0 Å². The predicted octanol–water partition coefficient (Wildman–Crippen LogP) is 3.87. The first kappa shape index (κ1) is 12.0. The molecule has 84 valence electrons. The zero-order valence-electron chi connectivity index (χ0n) is 8.58. The van der Waals surface area contributed by atoms with Gasteiger partial charge in [-0.2, -0.15) is 0 Å². The van der Waals surface area contributed by atoms with Gasteiger partial charge in [-0.1, -0.05) is 11.6 Å². The van der Waals surface area contributed by atoms with Crippen LogP contribution >= 0.6 is 38.9 Å². The van der Waals surface area contributed by atoms with E-state index in [0.717, 1.165) is 10.0 Å². The van der Waals surface area contributed by atoms with Crippen molar-refractivity contribution in [2.75, 3.05) is 7.05 Å². The molecule has 0 spiro atoms. The Labute approximate surface area is 112 Å². The van der Waals surface area contributed by atoms with E-state index in [1.807, 2.05) is 19.2 Å². The van der Waals surface area contributed by atoms with E-state index >= 15 is 0 Å². The molecule has 0 fully saturated rings. The van der Waals surface area contributed by atoms with E-state index in [9.17, 15) is 0 Å². The molecule has 0 aromatic carbocycles. The summed E-state index contributed by atoms with van der Waals surface area (Å²) in [6.07, 6.45) is 3.43. The third-order valence-corrected chi connectivity index (χ3v) is 4.56. The second-order valence-corrected chi connectivity index (χ2v) is 5.46. The van der Waals surface area contributed by atoms with Crippen LogP contribution in [0.25, 0.3) is 0 Å². The van der Waals surface area contributed by atoms with E-state index in [-0.39, 0.29) is 6.04 Å². The van der Waals surface area contributed by atoms with Gasteiger partial charge in [0.05, 0.1) is 11.1 Å². The molecule has 0 aliphatic heterocycles. The molecule has 0 aliphatic rings. The maximum atomic E-state index is 6.15. The van der Waals surface area contributed by atoms with Gasteiger partial charge in [-0.15, -0.1) is 11.3 Å². The number of nitrogens with zero attached hydrogens (tertiary/aromatic N) is 1. The number of aromatic nitrogens is 1. The fourth-order valence-electron chi connectivity index (χ4n) is 1.56. The summed E-state index contributed by atoms with van der Waals surface area (Å²) in [6.45, 7) is 0. The summed E-state index contributed by atoms with van der Waals surface area (Å²) in [7, 11) is 1.92. The lowest BCUT2D eigenvalue weighted by atomic mass is 10.1. The largest absolute Gasteiger partial charge is 0.309 e. The quantitative estimate of drug-likeness (QED) is 0.929. The van der Waals surface area contributed by atoms with Crippen molar-refractivity contribution in [3.05, 3.63) is 49.8 Å². The van der Waals surface area contributed by atoms with Crippen LogP contribution in [0.1, 0.15) is 16.5 Å². The molecule has 1 atom stereocenters. The topological polar surface area (TPSA) is 24.9 Å². The zero-order chi connectivity index (χ0) is 11.5. The number of nitrogens with one attached hydrogen (secondary N) is 1. The SMILES string of the molecule is CNC(c1ccncc1Cl)c1sccc1Br. The van der Waals surface area contributed by atoms with Crippen LogP contribution in [0.4, 0.5) is 0 Å². The number of rotatable bonds is 3. The summed E-state index contributed by atoms with van der Waals surface area (Å²) in [6, 6.07) is 4.08. The highest BCUT2D eigenvalue weighted by Crippen LogP contribution is 2.35. The van der Waals surface area contributed by atoms with Crippen molar-refractivity contribution >= 4 is 38.9 Å². The van der Waals surface area contributed by atoms with E-state index < -0.39 is 0 Å². The number of hydrogen-bond acceptors (Lipinski definition) is 3. The van der Waals surface area contributed by atoms with Gasteiger partial charge in [0.2, 0.25) is 0 Å². The second kappa shape index (κ2) is 5.27. The van der Waals surface area contributed by atoms with Gasteiger partial charge in [-0.25, -0.2) is 0 Å². The Morgan fingerprint density at radius 1 is 1.50 bits per heavy atom. The average molecular weight is 318 g/mol. The molecule has 2 aromatic rings. The van der Waals surface area contributed by atoms with Crippen molar-refractivity contribution in [1.82, 2.24) is 10.3 Å². The molecule has 0 saturated heterocycles. The summed E-state index contributed by atoms with van der Waals surface area (Å²) in [5.74, 6) is 0. The molecule has 0 amide bonds. The summed E-state index contributed by atoms with van der Waals surface area (Å²) in [5, 5.41) is 6.01. The molecule has 1 unspecified atom stereocenters. The Kier molecular flexibility index (Phi) is 3.97. The van der Waals surface area contributed by atoms with Gasteiger partial charge in [0.15, 0.2) is 0 Å². The lowest BCUT2D eigenvalue weighted by Gasteiger charge is -2.16. The van der Waals surface area contributed by atoms with Gasteiger partial charge in [0.25, 0.3) is 0 Å². The fraction of sp³-hybridized carbons (Fsp3) is 0.182. The molecule has 0 aliphatic carbocycles. The third-order valence-electron chi connectivity index (χ3n) is 2.31. The molecular weight excluding hydrogens is 308 g/mol. The summed E-state index contributed by atoms with van der Waals surface area (Å²) < 4.78 is 1.10. The smallest absolute Gasteiger partial charge is 0.0695 e. The third kappa shape index (κ3) is 2.30. The summed E-state index contributed by atoms with van der Waals surface area (Å²) in [4.78, 5) is 5.22. The maximum absolute atomic E-state index is 6.15. The lowest BCUT2D eigenvalue weighted by Crippen LogP contribution is -2.17. The minimum Gasteiger partial charge on any atom is -0.309 e. The van der Waals surface area contributed by atoms with E-state index in [1.165, 1.54) is 4.88 Å². The first-order valence-electron chi connectivity index (χ1n) is 4.73. The zero-order valence-corrected chi connectivity index (χ0v) is 11.7. The molecule has 0 bridgehead atoms. The number of pyridine rings is 1. The molecule has 1 N–H and O–H groups in total. The molecule has 0 radical (unpaired) electrons. The van der Waals surface area contributed by atoms with Crippen LogP contribution in [0.15, 0.2) is 34.4 Å². The Bertz CT molecular complexity index is 486. The van der Waals surface area contributed by atoms with Crippen molar-refractivity contribution in [1.29, 1.82) is 0 Å². The van der Waals surface area contributed by atoms with E-state index in [4.69, 9.17) is 11.6 Å². The van der Waals surface area contributed by atoms with Crippen molar-refractivity contribution in [2.45, 2.75) is 6.04 Å². The molecular formula is C11H10BrClN2S. The Balaban J connectivity index is 2.45. The van der Waals surface area contributed by atoms with Gasteiger partial charge >= 0.3 is 0 Å². The Morgan fingerprint density at radius 2 is 2.31 bits per heavy atom. The van der Waals surface area contributed by atoms with E-state index in [2.05, 4.69) is 31.6 Å². The average Bonchev–Trinajstić information content (AvgIpc) is 2.69. The van der Waals surface area contributed by atoms with Gasteiger partial charge in [-0.3, -0.25) is 4.98 Å². The van der Waals surface area contributed by atoms with E-state index in [1.54, 1.807) is 23.7 Å². The van der Waals surface area contributed by atoms with Gasteiger partial charge < -0.3 is 5.32 Å². The van der Waals surface area contributed by atoms with Crippen LogP contribution < -0.4 is 5.32 Å². The molecule has 2 aromatic heterocycles. The van der Waals surface area contributed by atoms with Crippen LogP contribution in [0.3, 0.4) is 0 Å². The molecule has 2 nitrogen and oxygen atoms in total. The molecule has 2 heterocycles.